The Bertz CT molecular complexity index is 246. The molecule has 1 aliphatic heterocycles. The molecule has 66 valence electrons. The van der Waals surface area contributed by atoms with Crippen LogP contribution >= 0.6 is 11.8 Å². The van der Waals surface area contributed by atoms with Crippen LogP contribution < -0.4 is 5.32 Å². The van der Waals surface area contributed by atoms with Crippen LogP contribution in [0.5, 0.6) is 0 Å². The minimum atomic E-state index is 1.06. The first-order valence-corrected chi connectivity index (χ1v) is 5.45. The van der Waals surface area contributed by atoms with Crippen LogP contribution in [0.15, 0.2) is 5.16 Å². The summed E-state index contributed by atoms with van der Waals surface area (Å²) in [5, 5.41) is 4.41. The van der Waals surface area contributed by atoms with Crippen molar-refractivity contribution < 1.29 is 0 Å². The second-order valence-electron chi connectivity index (χ2n) is 2.92. The number of rotatable bonds is 1. The summed E-state index contributed by atoms with van der Waals surface area (Å²) in [6.45, 7) is 2.13. The summed E-state index contributed by atoms with van der Waals surface area (Å²) in [5.74, 6) is 0. The third-order valence-electron chi connectivity index (χ3n) is 2.13. The molecule has 0 amide bonds. The number of aromatic nitrogens is 2. The third-order valence-corrected chi connectivity index (χ3v) is 2.71. The number of nitrogens with one attached hydrogen (secondary N) is 2. The molecular formula is C8H13N3S. The van der Waals surface area contributed by atoms with Crippen molar-refractivity contribution >= 4 is 11.8 Å². The summed E-state index contributed by atoms with van der Waals surface area (Å²) in [4.78, 5) is 7.83. The van der Waals surface area contributed by atoms with E-state index in [1.54, 1.807) is 11.8 Å². The summed E-state index contributed by atoms with van der Waals surface area (Å²) in [5.41, 5.74) is 2.58. The number of nitrogens with zero attached hydrogens (tertiary/aromatic N) is 1. The van der Waals surface area contributed by atoms with Gasteiger partial charge in [-0.3, -0.25) is 0 Å². The van der Waals surface area contributed by atoms with Gasteiger partial charge in [0, 0.05) is 31.6 Å². The summed E-state index contributed by atoms with van der Waals surface area (Å²) < 4.78 is 0. The van der Waals surface area contributed by atoms with Gasteiger partial charge in [-0.15, -0.1) is 0 Å². The first-order valence-electron chi connectivity index (χ1n) is 4.22. The number of aromatic amines is 1. The second-order valence-corrected chi connectivity index (χ2v) is 3.72. The second kappa shape index (κ2) is 3.49. The zero-order valence-corrected chi connectivity index (χ0v) is 8.00. The zero-order valence-electron chi connectivity index (χ0n) is 7.18. The fourth-order valence-electron chi connectivity index (χ4n) is 1.47. The molecule has 1 aromatic rings. The van der Waals surface area contributed by atoms with E-state index in [2.05, 4.69) is 21.5 Å². The van der Waals surface area contributed by atoms with Crippen LogP contribution in [0, 0.1) is 0 Å². The molecule has 0 unspecified atom stereocenters. The lowest BCUT2D eigenvalue weighted by molar-refractivity contribution is 0.698. The Morgan fingerprint density at radius 3 is 3.00 bits per heavy atom. The molecule has 3 nitrogen and oxygen atoms in total. The third kappa shape index (κ3) is 1.49. The fourth-order valence-corrected chi connectivity index (χ4v) is 1.90. The molecular weight excluding hydrogens is 170 g/mol. The molecule has 0 fully saturated rings. The standard InChI is InChI=1S/C8H13N3S/c1-12-8-10-6-2-4-9-5-3-7(6)11-8/h9H,2-5H2,1H3,(H,10,11). The lowest BCUT2D eigenvalue weighted by Crippen LogP contribution is -2.16. The maximum absolute atomic E-state index is 4.50. The minimum Gasteiger partial charge on any atom is -0.337 e. The van der Waals surface area contributed by atoms with E-state index in [-0.39, 0.29) is 0 Å². The van der Waals surface area contributed by atoms with E-state index in [4.69, 9.17) is 0 Å². The van der Waals surface area contributed by atoms with Crippen LogP contribution in [-0.2, 0) is 12.8 Å². The molecule has 12 heavy (non-hydrogen) atoms. The SMILES string of the molecule is CSc1nc2c([nH]1)CCNCC2. The van der Waals surface area contributed by atoms with Crippen LogP contribution in [0.2, 0.25) is 0 Å². The van der Waals surface area contributed by atoms with Gasteiger partial charge >= 0.3 is 0 Å². The Kier molecular flexibility index (Phi) is 2.37. The maximum Gasteiger partial charge on any atom is 0.165 e. The Balaban J connectivity index is 2.26. The minimum absolute atomic E-state index is 1.06. The Morgan fingerprint density at radius 1 is 1.33 bits per heavy atom. The monoisotopic (exact) mass is 183 g/mol. The first-order chi connectivity index (χ1) is 5.90. The van der Waals surface area contributed by atoms with Crippen LogP contribution in [0.1, 0.15) is 11.4 Å². The predicted octanol–water partition coefficient (Wildman–Crippen LogP) is 0.820. The van der Waals surface area contributed by atoms with Crippen LogP contribution in [0.25, 0.3) is 0 Å². The Morgan fingerprint density at radius 2 is 2.17 bits per heavy atom. The molecule has 0 bridgehead atoms. The van der Waals surface area contributed by atoms with Gasteiger partial charge in [0.05, 0.1) is 5.69 Å². The van der Waals surface area contributed by atoms with Gasteiger partial charge in [0.1, 0.15) is 0 Å². The van der Waals surface area contributed by atoms with Gasteiger partial charge in [-0.2, -0.15) is 0 Å². The normalized spacial score (nSPS) is 17.1. The average Bonchev–Trinajstić information content (AvgIpc) is 2.37. The summed E-state index contributed by atoms with van der Waals surface area (Å²) in [7, 11) is 0. The summed E-state index contributed by atoms with van der Waals surface area (Å²) >= 11 is 1.68. The molecule has 0 aromatic carbocycles. The van der Waals surface area contributed by atoms with E-state index in [9.17, 15) is 0 Å². The van der Waals surface area contributed by atoms with Crippen molar-refractivity contribution in [1.82, 2.24) is 15.3 Å². The quantitative estimate of drug-likeness (QED) is 0.633. The van der Waals surface area contributed by atoms with Crippen LogP contribution in [0.3, 0.4) is 0 Å². The molecule has 0 saturated heterocycles. The van der Waals surface area contributed by atoms with Gasteiger partial charge in [-0.1, -0.05) is 11.8 Å². The molecule has 0 atom stereocenters. The number of fused-ring (bicyclic) bond motifs is 1. The molecule has 2 N–H and O–H groups in total. The maximum atomic E-state index is 4.50. The molecule has 0 saturated carbocycles. The Labute approximate surface area is 76.4 Å². The highest BCUT2D eigenvalue weighted by molar-refractivity contribution is 7.98. The van der Waals surface area contributed by atoms with Crippen molar-refractivity contribution in [3.63, 3.8) is 0 Å². The highest BCUT2D eigenvalue weighted by Crippen LogP contribution is 2.15. The first kappa shape index (κ1) is 8.13. The molecule has 2 rings (SSSR count). The number of imidazole rings is 1. The van der Waals surface area contributed by atoms with Crippen LogP contribution in [-0.4, -0.2) is 29.3 Å². The summed E-state index contributed by atoms with van der Waals surface area (Å²) in [6.07, 6.45) is 4.20. The van der Waals surface area contributed by atoms with E-state index >= 15 is 0 Å². The van der Waals surface area contributed by atoms with Gasteiger partial charge in [0.15, 0.2) is 5.16 Å². The van der Waals surface area contributed by atoms with Gasteiger partial charge in [-0.25, -0.2) is 4.98 Å². The number of thioether (sulfide) groups is 1. The molecule has 0 spiro atoms. The summed E-state index contributed by atoms with van der Waals surface area (Å²) in [6, 6.07) is 0. The molecule has 0 aliphatic carbocycles. The van der Waals surface area contributed by atoms with Crippen molar-refractivity contribution in [2.45, 2.75) is 18.0 Å². The number of hydrogen-bond acceptors (Lipinski definition) is 3. The van der Waals surface area contributed by atoms with Crippen molar-refractivity contribution in [3.05, 3.63) is 11.4 Å². The van der Waals surface area contributed by atoms with E-state index in [0.717, 1.165) is 31.1 Å². The van der Waals surface area contributed by atoms with E-state index < -0.39 is 0 Å². The van der Waals surface area contributed by atoms with Crippen molar-refractivity contribution in [3.8, 4) is 0 Å². The Hall–Kier alpha value is -0.480. The highest BCUT2D eigenvalue weighted by atomic mass is 32.2. The molecule has 0 radical (unpaired) electrons. The van der Waals surface area contributed by atoms with Crippen molar-refractivity contribution in [2.24, 2.45) is 0 Å². The van der Waals surface area contributed by atoms with Crippen molar-refractivity contribution in [2.75, 3.05) is 19.3 Å². The molecule has 1 aromatic heterocycles. The molecule has 2 heterocycles. The van der Waals surface area contributed by atoms with E-state index in [1.807, 2.05) is 0 Å². The highest BCUT2D eigenvalue weighted by Gasteiger charge is 2.11. The zero-order chi connectivity index (χ0) is 8.39. The lowest BCUT2D eigenvalue weighted by Gasteiger charge is -1.94. The largest absolute Gasteiger partial charge is 0.337 e. The smallest absolute Gasteiger partial charge is 0.165 e. The number of hydrogen-bond donors (Lipinski definition) is 2. The number of H-pyrrole nitrogens is 1. The fraction of sp³-hybridized carbons (Fsp3) is 0.625. The van der Waals surface area contributed by atoms with Crippen molar-refractivity contribution in [1.29, 1.82) is 0 Å². The van der Waals surface area contributed by atoms with Gasteiger partial charge in [0.25, 0.3) is 0 Å². The van der Waals surface area contributed by atoms with E-state index in [1.165, 1.54) is 11.4 Å². The van der Waals surface area contributed by atoms with E-state index in [0.29, 0.717) is 0 Å². The molecule has 1 aliphatic rings. The average molecular weight is 183 g/mol. The lowest BCUT2D eigenvalue weighted by atomic mass is 10.2. The van der Waals surface area contributed by atoms with Gasteiger partial charge in [-0.05, 0) is 6.26 Å². The molecule has 4 heteroatoms. The topological polar surface area (TPSA) is 40.7 Å². The van der Waals surface area contributed by atoms with Gasteiger partial charge < -0.3 is 10.3 Å². The predicted molar refractivity (Wildman–Crippen MR) is 50.6 cm³/mol. The van der Waals surface area contributed by atoms with Crippen LogP contribution in [0.4, 0.5) is 0 Å². The van der Waals surface area contributed by atoms with Gasteiger partial charge in [0.2, 0.25) is 0 Å².